The van der Waals surface area contributed by atoms with E-state index in [4.69, 9.17) is 5.11 Å². The normalized spacial score (nSPS) is 12.8. The van der Waals surface area contributed by atoms with Gasteiger partial charge in [0.25, 0.3) is 0 Å². The second-order valence-corrected chi connectivity index (χ2v) is 11.5. The van der Waals surface area contributed by atoms with Crippen LogP contribution >= 0.6 is 0 Å². The number of nitrogens with zero attached hydrogens (tertiary/aromatic N) is 1. The molecule has 0 aliphatic heterocycles. The average Bonchev–Trinajstić information content (AvgIpc) is 2.59. The summed E-state index contributed by atoms with van der Waals surface area (Å²) in [6.07, 6.45) is 11.0. The molecule has 0 fully saturated rings. The third-order valence-corrected chi connectivity index (χ3v) is 7.81. The fraction of sp³-hybridized carbons (Fsp3) is 0.682. The maximum atomic E-state index is 12.2. The van der Waals surface area contributed by atoms with Gasteiger partial charge >= 0.3 is 139 Å². The summed E-state index contributed by atoms with van der Waals surface area (Å²) in [7, 11) is 3.98. The van der Waals surface area contributed by atoms with Crippen molar-refractivity contribution in [3.63, 3.8) is 0 Å². The van der Waals surface area contributed by atoms with Gasteiger partial charge in [-0.05, 0) is 0 Å². The van der Waals surface area contributed by atoms with Crippen molar-refractivity contribution in [2.24, 2.45) is 0 Å². The van der Waals surface area contributed by atoms with Gasteiger partial charge in [-0.1, -0.05) is 0 Å². The molecule has 1 rings (SSSR count). The zero-order valence-electron chi connectivity index (χ0n) is 17.2. The maximum Gasteiger partial charge on any atom is 0.359 e. The summed E-state index contributed by atoms with van der Waals surface area (Å²) in [6.45, 7) is 1.15. The molecule has 0 saturated carbocycles. The number of likely N-dealkylation sites (N-methyl/N-ethyl adjacent to an activating group) is 1. The molecule has 1 N–H and O–H groups in total. The third-order valence-electron chi connectivity index (χ3n) is 4.87. The van der Waals surface area contributed by atoms with Crippen LogP contribution in [0.3, 0.4) is 0 Å². The second-order valence-electron chi connectivity index (χ2n) is 8.17. The van der Waals surface area contributed by atoms with Gasteiger partial charge in [0.05, 0.1) is 14.1 Å². The van der Waals surface area contributed by atoms with Crippen molar-refractivity contribution in [2.45, 2.75) is 68.4 Å². The fourth-order valence-corrected chi connectivity index (χ4v) is 5.91. The molecule has 4 nitrogen and oxygen atoms in total. The van der Waals surface area contributed by atoms with Gasteiger partial charge in [0.15, 0.2) is 6.54 Å². The summed E-state index contributed by atoms with van der Waals surface area (Å²) in [4.78, 5) is 10.8. The van der Waals surface area contributed by atoms with E-state index >= 15 is 0 Å². The van der Waals surface area contributed by atoms with Crippen LogP contribution < -0.4 is 0 Å². The van der Waals surface area contributed by atoms with Crippen LogP contribution in [-0.4, -0.2) is 56.6 Å². The molecular formula is C22H38NO3Se+. The number of aliphatic carboxylic acids is 1. The average molecular weight is 444 g/mol. The first kappa shape index (κ1) is 24.0. The van der Waals surface area contributed by atoms with E-state index in [0.717, 1.165) is 30.0 Å². The summed E-state index contributed by atoms with van der Waals surface area (Å²) in [6, 6.07) is 10.2. The Hall–Kier alpha value is -1.03. The number of quaternary nitrogens is 1. The molecule has 0 heterocycles. The molecule has 0 aliphatic rings. The molecule has 0 bridgehead atoms. The Balaban J connectivity index is 1.89. The Morgan fingerprint density at radius 3 is 1.96 bits per heavy atom. The summed E-state index contributed by atoms with van der Waals surface area (Å²) < 4.78 is 12.7. The van der Waals surface area contributed by atoms with Gasteiger partial charge in [-0.25, -0.2) is 4.79 Å². The number of carbonyl (C=O) groups is 1. The minimum absolute atomic E-state index is 0.206. The molecule has 154 valence electrons. The van der Waals surface area contributed by atoms with Crippen molar-refractivity contribution < 1.29 is 18.2 Å². The van der Waals surface area contributed by atoms with E-state index in [1.165, 1.54) is 50.5 Å². The summed E-state index contributed by atoms with van der Waals surface area (Å²) in [5, 5.41) is 10.6. The largest absolute Gasteiger partial charge is 0.477 e. The van der Waals surface area contributed by atoms with E-state index in [2.05, 4.69) is 12.1 Å². The quantitative estimate of drug-likeness (QED) is 0.226. The first-order chi connectivity index (χ1) is 12.9. The van der Waals surface area contributed by atoms with Gasteiger partial charge in [-0.2, -0.15) is 0 Å². The van der Waals surface area contributed by atoms with E-state index in [0.29, 0.717) is 4.48 Å². The van der Waals surface area contributed by atoms with Gasteiger partial charge in [-0.3, -0.25) is 0 Å². The van der Waals surface area contributed by atoms with Crippen molar-refractivity contribution in [1.82, 2.24) is 0 Å². The molecule has 1 atom stereocenters. The molecule has 27 heavy (non-hydrogen) atoms. The predicted octanol–water partition coefficient (Wildman–Crippen LogP) is 4.86. The van der Waals surface area contributed by atoms with Crippen molar-refractivity contribution in [3.05, 3.63) is 35.9 Å². The van der Waals surface area contributed by atoms with E-state index in [1.807, 2.05) is 32.3 Å². The number of benzene rings is 1. The Kier molecular flexibility index (Phi) is 12.5. The van der Waals surface area contributed by atoms with Gasteiger partial charge in [0.1, 0.15) is 0 Å². The van der Waals surface area contributed by atoms with Crippen molar-refractivity contribution in [1.29, 1.82) is 0 Å². The fourth-order valence-electron chi connectivity index (χ4n) is 3.32. The monoisotopic (exact) mass is 444 g/mol. The summed E-state index contributed by atoms with van der Waals surface area (Å²) >= 11 is -1.68. The Morgan fingerprint density at radius 1 is 0.889 bits per heavy atom. The van der Waals surface area contributed by atoms with Crippen LogP contribution in [0.25, 0.3) is 0 Å². The number of rotatable bonds is 16. The standard InChI is InChI=1S/C22H37NO3Se/c1-23(2,19-22(24)25)17-13-8-6-4-3-5-7-9-14-18-27(26)20-21-15-11-10-12-16-21/h10-12,15-16H,3-9,13-14,17-20H2,1-2H3/p+1. The first-order valence-corrected chi connectivity index (χ1v) is 13.4. The molecule has 0 spiro atoms. The zero-order valence-corrected chi connectivity index (χ0v) is 18.9. The second kappa shape index (κ2) is 14.0. The van der Waals surface area contributed by atoms with E-state index in [9.17, 15) is 8.63 Å². The Labute approximate surface area is 169 Å². The van der Waals surface area contributed by atoms with Gasteiger partial charge < -0.3 is 5.11 Å². The molecule has 5 heteroatoms. The Morgan fingerprint density at radius 2 is 1.41 bits per heavy atom. The van der Waals surface area contributed by atoms with Gasteiger partial charge in [-0.15, -0.1) is 0 Å². The zero-order chi connectivity index (χ0) is 20.0. The van der Waals surface area contributed by atoms with Crippen LogP contribution in [0.4, 0.5) is 0 Å². The van der Waals surface area contributed by atoms with Crippen LogP contribution in [0.2, 0.25) is 5.32 Å². The smallest absolute Gasteiger partial charge is 0.359 e. The van der Waals surface area contributed by atoms with Crippen molar-refractivity contribution in [2.75, 3.05) is 27.2 Å². The molecule has 0 aromatic heterocycles. The number of hydrogen-bond donors (Lipinski definition) is 1. The SMILES string of the molecule is C[N+](C)(CCCCCCCCCCC[Se](=O)Cc1ccccc1)CC(=O)O. The third kappa shape index (κ3) is 13.7. The van der Waals surface area contributed by atoms with Crippen LogP contribution in [0, 0.1) is 0 Å². The van der Waals surface area contributed by atoms with Crippen molar-refractivity contribution >= 4 is 19.8 Å². The van der Waals surface area contributed by atoms with E-state index in [1.54, 1.807) is 0 Å². The van der Waals surface area contributed by atoms with E-state index < -0.39 is 19.8 Å². The van der Waals surface area contributed by atoms with Crippen LogP contribution in [0.15, 0.2) is 30.3 Å². The number of hydrogen-bond acceptors (Lipinski definition) is 2. The number of carboxylic acid groups (broad SMARTS) is 1. The molecule has 0 aliphatic carbocycles. The van der Waals surface area contributed by atoms with Crippen molar-refractivity contribution in [3.8, 4) is 0 Å². The first-order valence-electron chi connectivity index (χ1n) is 10.3. The molecule has 0 radical (unpaired) electrons. The molecule has 1 aromatic carbocycles. The minimum atomic E-state index is -1.68. The van der Waals surface area contributed by atoms with Gasteiger partial charge in [0.2, 0.25) is 0 Å². The van der Waals surface area contributed by atoms with Crippen LogP contribution in [0.1, 0.15) is 63.4 Å². The topological polar surface area (TPSA) is 54.4 Å². The molecule has 0 saturated heterocycles. The molecule has 1 unspecified atom stereocenters. The van der Waals surface area contributed by atoms with E-state index in [-0.39, 0.29) is 6.54 Å². The number of carboxylic acids is 1. The van der Waals surface area contributed by atoms with Gasteiger partial charge in [0, 0.05) is 0 Å². The summed E-state index contributed by atoms with van der Waals surface area (Å²) in [5.41, 5.74) is 1.21. The Bertz CT molecular complexity index is 546. The number of unbranched alkanes of at least 4 members (excludes halogenated alkanes) is 8. The summed E-state index contributed by atoms with van der Waals surface area (Å²) in [5.74, 6) is -0.717. The molecule has 1 aromatic rings. The van der Waals surface area contributed by atoms with Crippen LogP contribution in [-0.2, 0) is 13.9 Å². The predicted molar refractivity (Wildman–Crippen MR) is 112 cm³/mol. The minimum Gasteiger partial charge on any atom is -0.477 e. The maximum absolute atomic E-state index is 12.2. The van der Waals surface area contributed by atoms with Crippen LogP contribution in [0.5, 0.6) is 0 Å². The molecular weight excluding hydrogens is 405 g/mol. The molecule has 0 amide bonds.